The highest BCUT2D eigenvalue weighted by Crippen LogP contribution is 2.35. The molecule has 41 heteroatoms. The van der Waals surface area contributed by atoms with Crippen molar-refractivity contribution in [3.05, 3.63) is 56.8 Å². The Morgan fingerprint density at radius 3 is 2.11 bits per heavy atom. The molecule has 2 saturated heterocycles. The Labute approximate surface area is 559 Å². The number of thiazole rings is 2. The molecule has 4 aromatic rings. The number of ether oxygens (including phenoxy) is 5. The first-order chi connectivity index (χ1) is 45.3. The molecule has 6 heterocycles. The summed E-state index contributed by atoms with van der Waals surface area (Å²) in [6.07, 6.45) is -18.5. The quantitative estimate of drug-likeness (QED) is 0.0150. The Bertz CT molecular complexity index is 3280. The lowest BCUT2D eigenvalue weighted by Gasteiger charge is -2.47. The Hall–Kier alpha value is -7.30. The fourth-order valence-electron chi connectivity index (χ4n) is 9.79. The molecule has 2 aliphatic heterocycles. The highest BCUT2D eigenvalue weighted by Gasteiger charge is 2.54. The van der Waals surface area contributed by atoms with Gasteiger partial charge in [0.2, 0.25) is 29.5 Å². The van der Waals surface area contributed by atoms with Crippen molar-refractivity contribution < 1.29 is 103 Å². The molecule has 96 heavy (non-hydrogen) atoms. The molecule has 10 unspecified atom stereocenters. The largest absolute Gasteiger partial charge is 0.441 e. The smallest absolute Gasteiger partial charge is 0.404 e. The number of aromatic amines is 1. The van der Waals surface area contributed by atoms with Crippen LogP contribution in [0.2, 0.25) is 0 Å². The van der Waals surface area contributed by atoms with E-state index < -0.39 is 183 Å². The lowest BCUT2D eigenvalue weighted by molar-refractivity contribution is -0.372. The molecule has 6 rings (SSSR count). The van der Waals surface area contributed by atoms with Crippen LogP contribution in [0.3, 0.4) is 0 Å². The number of nitrogens with one attached hydrogen (secondary N) is 7. The number of anilines is 1. The Morgan fingerprint density at radius 1 is 0.802 bits per heavy atom. The Morgan fingerprint density at radius 2 is 1.49 bits per heavy atom. The zero-order chi connectivity index (χ0) is 71.0. The maximum atomic E-state index is 15.2. The number of nitrogens with two attached hydrogens (primary N) is 5. The molecule has 8 amide bonds. The van der Waals surface area contributed by atoms with Crippen LogP contribution in [0.5, 0.6) is 0 Å². The zero-order valence-electron chi connectivity index (χ0n) is 52.9. The van der Waals surface area contributed by atoms with Gasteiger partial charge in [0.25, 0.3) is 11.8 Å². The van der Waals surface area contributed by atoms with Crippen LogP contribution in [0, 0.1) is 12.8 Å². The second-order valence-corrected chi connectivity index (χ2v) is 27.2. The second kappa shape index (κ2) is 35.8. The van der Waals surface area contributed by atoms with Crippen LogP contribution >= 0.6 is 22.7 Å². The summed E-state index contributed by atoms with van der Waals surface area (Å²) in [7, 11) is 0.258. The topological polar surface area (TPSA) is 627 Å². The van der Waals surface area contributed by atoms with Crippen molar-refractivity contribution in [2.75, 3.05) is 56.8 Å². The fraction of sp³-hybridized carbons (Fsp3) is 0.618. The van der Waals surface area contributed by atoms with E-state index in [-0.39, 0.29) is 59.2 Å². The minimum absolute atomic E-state index is 0.00525. The van der Waals surface area contributed by atoms with Gasteiger partial charge >= 0.3 is 6.09 Å². The van der Waals surface area contributed by atoms with Crippen LogP contribution < -0.4 is 60.6 Å². The van der Waals surface area contributed by atoms with Gasteiger partial charge in [0.1, 0.15) is 99.6 Å². The molecule has 25 N–H and O–H groups in total. The molecule has 2 fully saturated rings. The number of aliphatic hydroxyl groups excluding tert-OH is 8. The van der Waals surface area contributed by atoms with Crippen LogP contribution in [0.1, 0.15) is 88.0 Å². The molecule has 38 nitrogen and oxygen atoms in total. The van der Waals surface area contributed by atoms with E-state index in [1.54, 1.807) is 5.38 Å². The number of aromatic nitrogens is 6. The van der Waals surface area contributed by atoms with E-state index in [9.17, 15) is 74.4 Å². The summed E-state index contributed by atoms with van der Waals surface area (Å²) < 4.78 is 28.7. The zero-order valence-corrected chi connectivity index (χ0v) is 55.3. The summed E-state index contributed by atoms with van der Waals surface area (Å²) in [5.74, 6) is -7.64. The highest BCUT2D eigenvalue weighted by atomic mass is 32.2. The maximum absolute atomic E-state index is 15.2. The van der Waals surface area contributed by atoms with Gasteiger partial charge in [0, 0.05) is 56.0 Å². The van der Waals surface area contributed by atoms with Crippen LogP contribution in [0.4, 0.5) is 10.6 Å². The fourth-order valence-corrected chi connectivity index (χ4v) is 12.2. The first-order valence-corrected chi connectivity index (χ1v) is 33.8. The lowest BCUT2D eigenvalue weighted by Crippen LogP contribution is -2.65. The van der Waals surface area contributed by atoms with Gasteiger partial charge in [0.15, 0.2) is 18.7 Å². The van der Waals surface area contributed by atoms with Crippen molar-refractivity contribution in [1.29, 1.82) is 0 Å². The van der Waals surface area contributed by atoms with Gasteiger partial charge < -0.3 is 130 Å². The average molecular weight is 1420 g/mol. The number of aliphatic hydroxyl groups is 8. The van der Waals surface area contributed by atoms with Crippen LogP contribution in [-0.4, -0.2) is 267 Å². The third kappa shape index (κ3) is 20.6. The summed E-state index contributed by atoms with van der Waals surface area (Å²) in [6, 6.07) is -7.86. The number of carbonyl (C=O) groups excluding carboxylic acids is 8. The third-order valence-electron chi connectivity index (χ3n) is 15.3. The monoisotopic (exact) mass is 1410 g/mol. The van der Waals surface area contributed by atoms with E-state index in [4.69, 9.17) is 52.4 Å². The summed E-state index contributed by atoms with van der Waals surface area (Å²) in [6.45, 7) is 3.18. The number of rotatable bonds is 35. The van der Waals surface area contributed by atoms with Gasteiger partial charge in [-0.3, -0.25) is 33.6 Å². The molecule has 19 atom stereocenters. The number of primary amides is 3. The Kier molecular flexibility index (Phi) is 29.0. The summed E-state index contributed by atoms with van der Waals surface area (Å²) in [4.78, 5) is 131. The average Bonchev–Trinajstić information content (AvgIpc) is 1.02. The standard InChI is InChI=1S/C55H83N17O21S3/c1-20-33(69-46(72-44(20)58)25(12-31(57)76)64-13-24(56)45(59)82)50(86)71-35(41(26-14-61-19-66-26)91-54-43(39(80)37(78)28(16-73)90-54)92-53-40(81)42(93-55(60)88)38(79)29(17-74)89-53)51(87)67-22(3)36(77)21(2)47(83)70-34(23(4)75)49(85)63-10-8-32-68-27(18-94-32)52-65-15-30(95-52)48(84)62-9-7-11-96(5)6/h14-15,18-19,21-25,28-29,34-43,53-54,64,73-75,77-81H,7-13,16-17,56H2,1-6H3,(H13-,57,58,59,60,61,62,63,66,67,69,70,71,72,76,82,83,84,85,86,87,88)/p+1/t21-,22+,23+,24-,25-,28?,29?,34+,35+,36-,37?,38?,39?,40?,41-,42?,43?,53?,54?/m0/s1. The van der Waals surface area contributed by atoms with E-state index in [0.29, 0.717) is 27.1 Å². The highest BCUT2D eigenvalue weighted by molar-refractivity contribution is 7.95. The molecule has 0 aromatic carbocycles. The van der Waals surface area contributed by atoms with E-state index in [1.165, 1.54) is 56.6 Å². The van der Waals surface area contributed by atoms with Crippen molar-refractivity contribution in [2.45, 2.75) is 157 Å². The number of nitrogens with zero attached hydrogens (tertiary/aromatic N) is 5. The number of H-pyrrole nitrogens is 1. The van der Waals surface area contributed by atoms with E-state index in [0.717, 1.165) is 24.7 Å². The molecule has 0 radical (unpaired) electrons. The van der Waals surface area contributed by atoms with Crippen molar-refractivity contribution in [3.8, 4) is 10.7 Å². The van der Waals surface area contributed by atoms with Crippen molar-refractivity contribution in [1.82, 2.24) is 61.8 Å². The van der Waals surface area contributed by atoms with Crippen LogP contribution in [-0.2, 0) is 65.0 Å². The predicted molar refractivity (Wildman–Crippen MR) is 339 cm³/mol. The molecular weight excluding hydrogens is 1330 g/mol. The van der Waals surface area contributed by atoms with E-state index in [1.807, 2.05) is 0 Å². The van der Waals surface area contributed by atoms with E-state index in [2.05, 4.69) is 74.3 Å². The molecule has 4 aromatic heterocycles. The number of hydrogen-bond donors (Lipinski definition) is 20. The van der Waals surface area contributed by atoms with Crippen LogP contribution in [0.15, 0.2) is 24.1 Å². The SMILES string of the molecule is Cc1c(N)nc([C@H](CC(N)=O)NC[C@H](N)C(N)=O)nc1C(=O)N[C@@H](C(=O)N[C@H](C)[C@@H](O)[C@H](C)C(=O)N[C@@H](C(=O)NCCc1nc(-c2ncc(C(=O)NCCC[S+](C)C)s2)cs1)[C@@H](C)O)[C@@H](OC1OC(CO)C(O)C(O)C1OC1OC(CO)C(O)C(OC(N)=O)C1O)c1c[nH]cn1. The molecule has 0 saturated carbocycles. The third-order valence-corrected chi connectivity index (χ3v) is 18.3. The summed E-state index contributed by atoms with van der Waals surface area (Å²) in [5, 5.41) is 107. The molecule has 2 aliphatic rings. The van der Waals surface area contributed by atoms with Crippen molar-refractivity contribution >= 4 is 86.8 Å². The van der Waals surface area contributed by atoms with Gasteiger partial charge in [-0.15, -0.1) is 22.7 Å². The predicted octanol–water partition coefficient (Wildman–Crippen LogP) is -7.70. The summed E-state index contributed by atoms with van der Waals surface area (Å²) >= 11 is 2.46. The summed E-state index contributed by atoms with van der Waals surface area (Å²) in [5.41, 5.74) is 27.7. The maximum Gasteiger partial charge on any atom is 0.404 e. The van der Waals surface area contributed by atoms with E-state index >= 15 is 4.79 Å². The molecule has 0 bridgehead atoms. The molecule has 0 spiro atoms. The van der Waals surface area contributed by atoms with Gasteiger partial charge in [-0.2, -0.15) is 0 Å². The van der Waals surface area contributed by atoms with Gasteiger partial charge in [0.05, 0.1) is 85.2 Å². The number of imidazole rings is 1. The first kappa shape index (κ1) is 77.7. The number of hydrogen-bond acceptors (Lipinski definition) is 31. The molecule has 0 aliphatic carbocycles. The van der Waals surface area contributed by atoms with Crippen molar-refractivity contribution in [3.63, 3.8) is 0 Å². The number of carbonyl (C=O) groups is 8. The molecular formula is C55H84N17O21S3+. The lowest BCUT2D eigenvalue weighted by atomic mass is 9.96. The van der Waals surface area contributed by atoms with Gasteiger partial charge in [-0.25, -0.2) is 29.7 Å². The minimum atomic E-state index is -2.20. The normalized spacial score (nSPS) is 24.0. The Balaban J connectivity index is 1.26. The van der Waals surface area contributed by atoms with Crippen molar-refractivity contribution in [2.24, 2.45) is 28.9 Å². The van der Waals surface area contributed by atoms with Crippen LogP contribution in [0.25, 0.3) is 10.7 Å². The number of amides is 8. The second-order valence-electron chi connectivity index (χ2n) is 22.8. The molecule has 532 valence electrons. The first-order valence-electron chi connectivity index (χ1n) is 29.8. The minimum Gasteiger partial charge on any atom is -0.441 e. The van der Waals surface area contributed by atoms with Gasteiger partial charge in [-0.05, 0) is 31.7 Å². The number of nitrogen functional groups attached to an aromatic ring is 1. The van der Waals surface area contributed by atoms with Gasteiger partial charge in [-0.1, -0.05) is 6.92 Å².